The fourth-order valence-corrected chi connectivity index (χ4v) is 1.33. The summed E-state index contributed by atoms with van der Waals surface area (Å²) in [4.78, 5) is 10.9. The summed E-state index contributed by atoms with van der Waals surface area (Å²) < 4.78 is 5.12. The number of ether oxygens (including phenoxy) is 1. The molecule has 4 N–H and O–H groups in total. The Kier molecular flexibility index (Phi) is 4.07. The standard InChI is InChI=1S/C10H13N3O2S/c1-6(14)12-7-3-4-9(15-2)8(5-7)13-10(11)16/h3-5H,1-2H3,(H,12,14)(H3,11,13,16). The number of methoxy groups -OCH3 is 1. The molecule has 0 aliphatic carbocycles. The minimum absolute atomic E-state index is 0.137. The molecule has 1 amide bonds. The molecular formula is C10H13N3O2S. The summed E-state index contributed by atoms with van der Waals surface area (Å²) in [5.74, 6) is 0.452. The fourth-order valence-electron chi connectivity index (χ4n) is 1.22. The zero-order chi connectivity index (χ0) is 12.1. The third-order valence-electron chi connectivity index (χ3n) is 1.78. The summed E-state index contributed by atoms with van der Waals surface area (Å²) in [5.41, 5.74) is 6.63. The molecule has 0 saturated carbocycles. The molecule has 0 unspecified atom stereocenters. The second kappa shape index (κ2) is 5.32. The minimum atomic E-state index is -0.147. The maximum Gasteiger partial charge on any atom is 0.221 e. The molecule has 0 fully saturated rings. The number of anilines is 2. The third-order valence-corrected chi connectivity index (χ3v) is 1.88. The summed E-state index contributed by atoms with van der Waals surface area (Å²) in [6, 6.07) is 5.14. The Morgan fingerprint density at radius 3 is 2.62 bits per heavy atom. The summed E-state index contributed by atoms with van der Waals surface area (Å²) in [5, 5.41) is 5.56. The molecule has 0 radical (unpaired) electrons. The maximum atomic E-state index is 10.9. The predicted molar refractivity (Wildman–Crippen MR) is 67.7 cm³/mol. The zero-order valence-corrected chi connectivity index (χ0v) is 9.85. The van der Waals surface area contributed by atoms with Crippen molar-refractivity contribution >= 4 is 34.6 Å². The molecule has 5 nitrogen and oxygen atoms in total. The van der Waals surface area contributed by atoms with Gasteiger partial charge in [-0.3, -0.25) is 4.79 Å². The molecular weight excluding hydrogens is 226 g/mol. The van der Waals surface area contributed by atoms with Crippen LogP contribution >= 0.6 is 12.2 Å². The van der Waals surface area contributed by atoms with Crippen molar-refractivity contribution in [3.63, 3.8) is 0 Å². The predicted octanol–water partition coefficient (Wildman–Crippen LogP) is 1.31. The highest BCUT2D eigenvalue weighted by atomic mass is 32.1. The van der Waals surface area contributed by atoms with E-state index in [1.54, 1.807) is 18.2 Å². The molecule has 0 heterocycles. The second-order valence-electron chi connectivity index (χ2n) is 3.09. The monoisotopic (exact) mass is 239 g/mol. The van der Waals surface area contributed by atoms with Crippen molar-refractivity contribution in [1.29, 1.82) is 0 Å². The van der Waals surface area contributed by atoms with Gasteiger partial charge in [0.2, 0.25) is 5.91 Å². The van der Waals surface area contributed by atoms with Crippen LogP contribution in [0.2, 0.25) is 0 Å². The van der Waals surface area contributed by atoms with Crippen molar-refractivity contribution in [3.8, 4) is 5.75 Å². The molecule has 0 atom stereocenters. The number of carbonyl (C=O) groups is 1. The summed E-state index contributed by atoms with van der Waals surface area (Å²) in [6.45, 7) is 1.44. The molecule has 1 aromatic carbocycles. The van der Waals surface area contributed by atoms with Gasteiger partial charge in [-0.05, 0) is 30.4 Å². The van der Waals surface area contributed by atoms with E-state index in [2.05, 4.69) is 10.6 Å². The second-order valence-corrected chi connectivity index (χ2v) is 3.53. The normalized spacial score (nSPS) is 9.38. The van der Waals surface area contributed by atoms with Gasteiger partial charge in [0, 0.05) is 12.6 Å². The topological polar surface area (TPSA) is 76.4 Å². The minimum Gasteiger partial charge on any atom is -0.495 e. The molecule has 1 aromatic rings. The van der Waals surface area contributed by atoms with E-state index in [1.807, 2.05) is 0 Å². The van der Waals surface area contributed by atoms with Gasteiger partial charge in [0.05, 0.1) is 12.8 Å². The number of nitrogens with two attached hydrogens (primary N) is 1. The SMILES string of the molecule is COc1ccc(NC(C)=O)cc1NC(N)=S. The van der Waals surface area contributed by atoms with Gasteiger partial charge in [0.1, 0.15) is 5.75 Å². The molecule has 86 valence electrons. The van der Waals surface area contributed by atoms with Gasteiger partial charge < -0.3 is 21.1 Å². The van der Waals surface area contributed by atoms with Crippen LogP contribution in [0.15, 0.2) is 18.2 Å². The lowest BCUT2D eigenvalue weighted by Crippen LogP contribution is -2.19. The van der Waals surface area contributed by atoms with Gasteiger partial charge in [0.15, 0.2) is 5.11 Å². The number of hydrogen-bond acceptors (Lipinski definition) is 3. The number of benzene rings is 1. The first kappa shape index (κ1) is 12.3. The van der Waals surface area contributed by atoms with Crippen molar-refractivity contribution in [1.82, 2.24) is 0 Å². The molecule has 0 aliphatic rings. The highest BCUT2D eigenvalue weighted by Gasteiger charge is 2.05. The molecule has 0 saturated heterocycles. The number of carbonyl (C=O) groups excluding carboxylic acids is 1. The number of hydrogen-bond donors (Lipinski definition) is 3. The van der Waals surface area contributed by atoms with Crippen LogP contribution in [0, 0.1) is 0 Å². The Morgan fingerprint density at radius 1 is 1.44 bits per heavy atom. The van der Waals surface area contributed by atoms with Gasteiger partial charge in [-0.2, -0.15) is 0 Å². The van der Waals surface area contributed by atoms with Crippen LogP contribution in [0.3, 0.4) is 0 Å². The summed E-state index contributed by atoms with van der Waals surface area (Å²) in [6.07, 6.45) is 0. The van der Waals surface area contributed by atoms with E-state index in [0.29, 0.717) is 17.1 Å². The van der Waals surface area contributed by atoms with Gasteiger partial charge >= 0.3 is 0 Å². The fraction of sp³-hybridized carbons (Fsp3) is 0.200. The number of thiocarbonyl (C=S) groups is 1. The highest BCUT2D eigenvalue weighted by Crippen LogP contribution is 2.27. The van der Waals surface area contributed by atoms with Crippen LogP contribution in [-0.2, 0) is 4.79 Å². The van der Waals surface area contributed by atoms with Gasteiger partial charge in [-0.25, -0.2) is 0 Å². The Balaban J connectivity index is 3.00. The van der Waals surface area contributed by atoms with E-state index < -0.39 is 0 Å². The van der Waals surface area contributed by atoms with Gasteiger partial charge in [0.25, 0.3) is 0 Å². The Bertz CT molecular complexity index is 421. The van der Waals surface area contributed by atoms with Crippen LogP contribution in [0.25, 0.3) is 0 Å². The molecule has 6 heteroatoms. The van der Waals surface area contributed by atoms with Crippen LogP contribution in [0.1, 0.15) is 6.92 Å². The van der Waals surface area contributed by atoms with Crippen LogP contribution in [0.5, 0.6) is 5.75 Å². The van der Waals surface area contributed by atoms with E-state index in [4.69, 9.17) is 22.7 Å². The first-order chi connectivity index (χ1) is 7.52. The molecule has 0 spiro atoms. The average Bonchev–Trinajstić information content (AvgIpc) is 2.16. The molecule has 0 aromatic heterocycles. The van der Waals surface area contributed by atoms with Crippen LogP contribution in [-0.4, -0.2) is 18.1 Å². The van der Waals surface area contributed by atoms with E-state index in [0.717, 1.165) is 0 Å². The lowest BCUT2D eigenvalue weighted by Gasteiger charge is -2.11. The van der Waals surface area contributed by atoms with E-state index in [-0.39, 0.29) is 11.0 Å². The first-order valence-electron chi connectivity index (χ1n) is 4.55. The smallest absolute Gasteiger partial charge is 0.221 e. The third kappa shape index (κ3) is 3.39. The average molecular weight is 239 g/mol. The molecule has 1 rings (SSSR count). The molecule has 16 heavy (non-hydrogen) atoms. The van der Waals surface area contributed by atoms with Gasteiger partial charge in [-0.15, -0.1) is 0 Å². The molecule has 0 aliphatic heterocycles. The van der Waals surface area contributed by atoms with Crippen molar-refractivity contribution in [3.05, 3.63) is 18.2 Å². The zero-order valence-electron chi connectivity index (χ0n) is 9.03. The molecule has 0 bridgehead atoms. The largest absolute Gasteiger partial charge is 0.495 e. The van der Waals surface area contributed by atoms with Crippen molar-refractivity contribution < 1.29 is 9.53 Å². The van der Waals surface area contributed by atoms with Crippen molar-refractivity contribution in [2.24, 2.45) is 5.73 Å². The quantitative estimate of drug-likeness (QED) is 0.693. The highest BCUT2D eigenvalue weighted by molar-refractivity contribution is 7.80. The van der Waals surface area contributed by atoms with E-state index >= 15 is 0 Å². The maximum absolute atomic E-state index is 10.9. The Hall–Kier alpha value is -1.82. The number of nitrogens with one attached hydrogen (secondary N) is 2. The summed E-state index contributed by atoms with van der Waals surface area (Å²) in [7, 11) is 1.54. The van der Waals surface area contributed by atoms with Gasteiger partial charge in [-0.1, -0.05) is 0 Å². The Labute approximate surface area is 99.0 Å². The van der Waals surface area contributed by atoms with Crippen LogP contribution < -0.4 is 21.1 Å². The van der Waals surface area contributed by atoms with E-state index in [1.165, 1.54) is 14.0 Å². The van der Waals surface area contributed by atoms with Crippen molar-refractivity contribution in [2.75, 3.05) is 17.7 Å². The first-order valence-corrected chi connectivity index (χ1v) is 4.96. The number of amides is 1. The summed E-state index contributed by atoms with van der Waals surface area (Å²) >= 11 is 4.74. The van der Waals surface area contributed by atoms with E-state index in [9.17, 15) is 4.79 Å². The number of rotatable bonds is 3. The Morgan fingerprint density at radius 2 is 2.12 bits per heavy atom. The lowest BCUT2D eigenvalue weighted by atomic mass is 10.2. The van der Waals surface area contributed by atoms with Crippen LogP contribution in [0.4, 0.5) is 11.4 Å². The van der Waals surface area contributed by atoms with Crippen molar-refractivity contribution in [2.45, 2.75) is 6.92 Å². The lowest BCUT2D eigenvalue weighted by molar-refractivity contribution is -0.114.